The third kappa shape index (κ3) is 5.34. The van der Waals surface area contributed by atoms with Crippen LogP contribution < -0.4 is 4.74 Å². The molecule has 4 rings (SSSR count). The number of nitro groups is 1. The van der Waals surface area contributed by atoms with Crippen molar-refractivity contribution in [3.05, 3.63) is 32.7 Å². The molecule has 3 aliphatic rings. The number of nitrogens with zero attached hydrogens (tertiary/aromatic N) is 3. The summed E-state index contributed by atoms with van der Waals surface area (Å²) in [6, 6.07) is 3.22. The number of aromatic hydroxyl groups is 1. The number of amidine groups is 1. The topological polar surface area (TPSA) is 105 Å². The average Bonchev–Trinajstić information content (AvgIpc) is 3.11. The maximum atomic E-state index is 13.5. The van der Waals surface area contributed by atoms with E-state index >= 15 is 0 Å². The highest BCUT2D eigenvalue weighted by molar-refractivity contribution is 8.18. The standard InChI is InChI=1S/C24H31N3O5S/c1-2-32-20-14-16(13-19(22(20)28)27(30)31)15-21-23(29)26(18-11-7-4-8-12-18)24(33-21)25-17-9-5-3-6-10-17/h13-15,17-18,28H,2-12H2,1H3. The molecule has 1 aromatic rings. The molecule has 0 atom stereocenters. The van der Waals surface area contributed by atoms with Crippen molar-refractivity contribution < 1.29 is 19.6 Å². The summed E-state index contributed by atoms with van der Waals surface area (Å²) in [5.41, 5.74) is 0.00443. The number of phenolic OH excluding ortho intramolecular Hbond substituents is 1. The second-order valence-corrected chi connectivity index (χ2v) is 9.87. The molecule has 1 aromatic carbocycles. The minimum atomic E-state index is -0.645. The zero-order valence-electron chi connectivity index (χ0n) is 19.0. The highest BCUT2D eigenvalue weighted by atomic mass is 32.2. The Morgan fingerprint density at radius 1 is 1.18 bits per heavy atom. The lowest BCUT2D eigenvalue weighted by Gasteiger charge is -2.31. The number of carbonyl (C=O) groups excluding carboxylic acids is 1. The van der Waals surface area contributed by atoms with Gasteiger partial charge in [-0.25, -0.2) is 0 Å². The van der Waals surface area contributed by atoms with E-state index in [1.807, 2.05) is 4.90 Å². The van der Waals surface area contributed by atoms with Crippen LogP contribution in [-0.2, 0) is 4.79 Å². The Kier molecular flexibility index (Phi) is 7.57. The summed E-state index contributed by atoms with van der Waals surface area (Å²) in [7, 11) is 0. The van der Waals surface area contributed by atoms with Crippen LogP contribution >= 0.6 is 11.8 Å². The summed E-state index contributed by atoms with van der Waals surface area (Å²) < 4.78 is 5.39. The normalized spacial score (nSPS) is 22.9. The molecule has 1 N–H and O–H groups in total. The van der Waals surface area contributed by atoms with E-state index in [-0.39, 0.29) is 30.3 Å². The lowest BCUT2D eigenvalue weighted by atomic mass is 9.94. The minimum Gasteiger partial charge on any atom is -0.500 e. The first-order chi connectivity index (χ1) is 16.0. The quantitative estimate of drug-likeness (QED) is 0.326. The second kappa shape index (κ2) is 10.6. The first-order valence-corrected chi connectivity index (χ1v) is 12.7. The summed E-state index contributed by atoms with van der Waals surface area (Å²) in [5, 5.41) is 22.4. The Balaban J connectivity index is 1.69. The number of carbonyl (C=O) groups is 1. The Morgan fingerprint density at radius 3 is 2.48 bits per heavy atom. The number of aliphatic imine (C=N–C) groups is 1. The zero-order chi connectivity index (χ0) is 23.4. The number of nitro benzene ring substituents is 1. The van der Waals surface area contributed by atoms with Gasteiger partial charge in [0, 0.05) is 12.1 Å². The molecule has 9 heteroatoms. The van der Waals surface area contributed by atoms with Crippen LogP contribution in [0.2, 0.25) is 0 Å². The Hall–Kier alpha value is -2.55. The van der Waals surface area contributed by atoms with Crippen LogP contribution in [0.3, 0.4) is 0 Å². The van der Waals surface area contributed by atoms with Crippen molar-refractivity contribution in [2.75, 3.05) is 6.61 Å². The van der Waals surface area contributed by atoms with Gasteiger partial charge in [-0.2, -0.15) is 0 Å². The lowest BCUT2D eigenvalue weighted by Crippen LogP contribution is -2.41. The van der Waals surface area contributed by atoms with Gasteiger partial charge >= 0.3 is 5.69 Å². The van der Waals surface area contributed by atoms with Gasteiger partial charge in [0.2, 0.25) is 5.75 Å². The molecule has 0 radical (unpaired) electrons. The molecular formula is C24H31N3O5S. The van der Waals surface area contributed by atoms with E-state index in [2.05, 4.69) is 0 Å². The number of amides is 1. The average molecular weight is 474 g/mol. The third-order valence-electron chi connectivity index (χ3n) is 6.52. The summed E-state index contributed by atoms with van der Waals surface area (Å²) in [6.45, 7) is 1.99. The minimum absolute atomic E-state index is 0.0363. The summed E-state index contributed by atoms with van der Waals surface area (Å²) >= 11 is 1.36. The molecule has 0 spiro atoms. The van der Waals surface area contributed by atoms with Gasteiger partial charge in [0.05, 0.1) is 22.5 Å². The fourth-order valence-corrected chi connectivity index (χ4v) is 5.97. The van der Waals surface area contributed by atoms with Crippen LogP contribution in [0.25, 0.3) is 6.08 Å². The first-order valence-electron chi connectivity index (χ1n) is 11.9. The molecular weight excluding hydrogens is 442 g/mol. The Bertz CT molecular complexity index is 965. The van der Waals surface area contributed by atoms with Crippen LogP contribution in [0, 0.1) is 10.1 Å². The van der Waals surface area contributed by atoms with E-state index in [1.54, 1.807) is 13.0 Å². The molecule has 3 fully saturated rings. The molecule has 1 heterocycles. The molecule has 0 bridgehead atoms. The van der Waals surface area contributed by atoms with Gasteiger partial charge in [-0.3, -0.25) is 24.8 Å². The van der Waals surface area contributed by atoms with Gasteiger partial charge in [0.1, 0.15) is 0 Å². The van der Waals surface area contributed by atoms with Gasteiger partial charge in [-0.1, -0.05) is 38.5 Å². The van der Waals surface area contributed by atoms with Gasteiger partial charge < -0.3 is 9.84 Å². The molecule has 0 aromatic heterocycles. The second-order valence-electron chi connectivity index (χ2n) is 8.86. The summed E-state index contributed by atoms with van der Waals surface area (Å²) in [6.07, 6.45) is 12.7. The zero-order valence-corrected chi connectivity index (χ0v) is 19.8. The summed E-state index contributed by atoms with van der Waals surface area (Å²) in [4.78, 5) is 31.7. The predicted molar refractivity (Wildman–Crippen MR) is 130 cm³/mol. The monoisotopic (exact) mass is 473 g/mol. The van der Waals surface area contributed by atoms with Crippen LogP contribution in [0.15, 0.2) is 22.0 Å². The largest absolute Gasteiger partial charge is 0.500 e. The van der Waals surface area contributed by atoms with Gasteiger partial charge in [0.15, 0.2) is 10.9 Å². The summed E-state index contributed by atoms with van der Waals surface area (Å²) in [5.74, 6) is -0.554. The van der Waals surface area contributed by atoms with E-state index in [9.17, 15) is 20.0 Å². The van der Waals surface area contributed by atoms with Crippen molar-refractivity contribution in [2.45, 2.75) is 83.2 Å². The van der Waals surface area contributed by atoms with Crippen molar-refractivity contribution in [1.82, 2.24) is 4.90 Å². The lowest BCUT2D eigenvalue weighted by molar-refractivity contribution is -0.386. The molecule has 1 aliphatic heterocycles. The Labute approximate surface area is 198 Å². The van der Waals surface area contributed by atoms with Crippen molar-refractivity contribution in [1.29, 1.82) is 0 Å². The molecule has 2 aliphatic carbocycles. The highest BCUT2D eigenvalue weighted by Crippen LogP contribution is 2.41. The van der Waals surface area contributed by atoms with Crippen molar-refractivity contribution >= 4 is 34.6 Å². The number of rotatable bonds is 6. The van der Waals surface area contributed by atoms with Crippen LogP contribution in [0.1, 0.15) is 76.7 Å². The molecule has 178 valence electrons. The number of hydrogen-bond donors (Lipinski definition) is 1. The molecule has 0 unspecified atom stereocenters. The van der Waals surface area contributed by atoms with Gasteiger partial charge in [-0.05, 0) is 62.1 Å². The number of thioether (sulfide) groups is 1. The fraction of sp³-hybridized carbons (Fsp3) is 0.583. The fourth-order valence-electron chi connectivity index (χ4n) is 4.86. The first kappa shape index (κ1) is 23.6. The van der Waals surface area contributed by atoms with Crippen LogP contribution in [0.4, 0.5) is 5.69 Å². The smallest absolute Gasteiger partial charge is 0.315 e. The SMILES string of the molecule is CCOc1cc(C=C2SC(=NC3CCCCC3)N(C3CCCCC3)C2=O)cc([N+](=O)[O-])c1O. The van der Waals surface area contributed by atoms with Crippen molar-refractivity contribution in [3.63, 3.8) is 0 Å². The van der Waals surface area contributed by atoms with E-state index in [1.165, 1.54) is 49.6 Å². The predicted octanol–water partition coefficient (Wildman–Crippen LogP) is 5.64. The van der Waals surface area contributed by atoms with Gasteiger partial charge in [0.25, 0.3) is 5.91 Å². The van der Waals surface area contributed by atoms with E-state index in [0.717, 1.165) is 43.7 Å². The number of phenols is 1. The van der Waals surface area contributed by atoms with E-state index < -0.39 is 16.4 Å². The highest BCUT2D eigenvalue weighted by Gasteiger charge is 2.39. The van der Waals surface area contributed by atoms with Crippen molar-refractivity contribution in [2.24, 2.45) is 4.99 Å². The molecule has 8 nitrogen and oxygen atoms in total. The van der Waals surface area contributed by atoms with E-state index in [0.29, 0.717) is 10.5 Å². The molecule has 2 saturated carbocycles. The maximum absolute atomic E-state index is 13.5. The van der Waals surface area contributed by atoms with Crippen molar-refractivity contribution in [3.8, 4) is 11.5 Å². The number of benzene rings is 1. The van der Waals surface area contributed by atoms with Crippen LogP contribution in [-0.4, -0.2) is 44.7 Å². The molecule has 1 amide bonds. The van der Waals surface area contributed by atoms with Gasteiger partial charge in [-0.15, -0.1) is 0 Å². The molecule has 33 heavy (non-hydrogen) atoms. The molecule has 1 saturated heterocycles. The number of ether oxygens (including phenoxy) is 1. The van der Waals surface area contributed by atoms with E-state index in [4.69, 9.17) is 9.73 Å². The van der Waals surface area contributed by atoms with Crippen LogP contribution in [0.5, 0.6) is 11.5 Å². The third-order valence-corrected chi connectivity index (χ3v) is 7.51. The maximum Gasteiger partial charge on any atom is 0.315 e. The Morgan fingerprint density at radius 2 is 1.85 bits per heavy atom. The number of hydrogen-bond acceptors (Lipinski definition) is 7.